The van der Waals surface area contributed by atoms with Crippen molar-refractivity contribution < 1.29 is 9.53 Å². The van der Waals surface area contributed by atoms with Crippen LogP contribution < -0.4 is 5.32 Å². The standard InChI is InChI=1S/C16H32N2O2/c1-5-9-14-10-6-7-12-18(14)13-8-11-16(2,17-3)15(19)20-4/h14,17H,5-13H2,1-4H3. The van der Waals surface area contributed by atoms with E-state index >= 15 is 0 Å². The average molecular weight is 284 g/mol. The van der Waals surface area contributed by atoms with E-state index in [1.54, 1.807) is 0 Å². The Labute approximate surface area is 124 Å². The quantitative estimate of drug-likeness (QED) is 0.696. The third kappa shape index (κ3) is 4.74. The van der Waals surface area contributed by atoms with Crippen molar-refractivity contribution in [2.24, 2.45) is 0 Å². The van der Waals surface area contributed by atoms with Crippen molar-refractivity contribution in [1.82, 2.24) is 10.2 Å². The number of likely N-dealkylation sites (N-methyl/N-ethyl adjacent to an activating group) is 1. The van der Waals surface area contributed by atoms with Gasteiger partial charge >= 0.3 is 5.97 Å². The summed E-state index contributed by atoms with van der Waals surface area (Å²) in [5.41, 5.74) is -0.551. The van der Waals surface area contributed by atoms with Gasteiger partial charge in [0.2, 0.25) is 0 Å². The number of methoxy groups -OCH3 is 1. The van der Waals surface area contributed by atoms with E-state index in [9.17, 15) is 4.79 Å². The molecule has 1 saturated heterocycles. The van der Waals surface area contributed by atoms with Gasteiger partial charge in [-0.1, -0.05) is 19.8 Å². The minimum Gasteiger partial charge on any atom is -0.468 e. The third-order valence-corrected chi connectivity index (χ3v) is 4.68. The number of hydrogen-bond donors (Lipinski definition) is 1. The number of nitrogens with one attached hydrogen (secondary N) is 1. The van der Waals surface area contributed by atoms with Crippen LogP contribution in [0.25, 0.3) is 0 Å². The van der Waals surface area contributed by atoms with Crippen LogP contribution in [0.3, 0.4) is 0 Å². The zero-order chi connectivity index (χ0) is 15.0. The van der Waals surface area contributed by atoms with Crippen LogP contribution in [-0.4, -0.2) is 49.7 Å². The van der Waals surface area contributed by atoms with E-state index in [1.807, 2.05) is 14.0 Å². The van der Waals surface area contributed by atoms with E-state index in [4.69, 9.17) is 4.74 Å². The van der Waals surface area contributed by atoms with Crippen molar-refractivity contribution in [2.45, 2.75) is 70.4 Å². The second-order valence-electron chi connectivity index (χ2n) is 6.15. The predicted octanol–water partition coefficient (Wildman–Crippen LogP) is 2.57. The first-order valence-electron chi connectivity index (χ1n) is 8.08. The molecule has 0 aromatic heterocycles. The highest BCUT2D eigenvalue weighted by Gasteiger charge is 2.32. The highest BCUT2D eigenvalue weighted by Crippen LogP contribution is 2.22. The molecule has 0 saturated carbocycles. The van der Waals surface area contributed by atoms with E-state index in [2.05, 4.69) is 17.1 Å². The van der Waals surface area contributed by atoms with Gasteiger partial charge in [0.15, 0.2) is 0 Å². The summed E-state index contributed by atoms with van der Waals surface area (Å²) in [7, 11) is 3.29. The maximum Gasteiger partial charge on any atom is 0.325 e. The van der Waals surface area contributed by atoms with Crippen molar-refractivity contribution >= 4 is 5.97 Å². The molecule has 4 heteroatoms. The van der Waals surface area contributed by atoms with Gasteiger partial charge in [-0.05, 0) is 59.2 Å². The molecule has 118 valence electrons. The van der Waals surface area contributed by atoms with Crippen molar-refractivity contribution in [3.8, 4) is 0 Å². The summed E-state index contributed by atoms with van der Waals surface area (Å²) in [4.78, 5) is 14.4. The first-order chi connectivity index (χ1) is 9.57. The number of likely N-dealkylation sites (tertiary alicyclic amines) is 1. The van der Waals surface area contributed by atoms with Gasteiger partial charge < -0.3 is 15.0 Å². The van der Waals surface area contributed by atoms with Crippen LogP contribution in [0.1, 0.15) is 58.8 Å². The molecule has 20 heavy (non-hydrogen) atoms. The summed E-state index contributed by atoms with van der Waals surface area (Å²) in [6.45, 7) is 6.51. The molecule has 4 nitrogen and oxygen atoms in total. The molecule has 0 aromatic rings. The van der Waals surface area contributed by atoms with Gasteiger partial charge in [0.1, 0.15) is 5.54 Å². The molecule has 1 aliphatic heterocycles. The molecular weight excluding hydrogens is 252 g/mol. The normalized spacial score (nSPS) is 23.3. The number of ether oxygens (including phenoxy) is 1. The zero-order valence-corrected chi connectivity index (χ0v) is 13.7. The second kappa shape index (κ2) is 8.63. The lowest BCUT2D eigenvalue weighted by molar-refractivity contribution is -0.148. The minimum atomic E-state index is -0.551. The van der Waals surface area contributed by atoms with Gasteiger partial charge in [0, 0.05) is 6.04 Å². The fourth-order valence-corrected chi connectivity index (χ4v) is 3.20. The van der Waals surface area contributed by atoms with Gasteiger partial charge in [-0.2, -0.15) is 0 Å². The molecule has 0 bridgehead atoms. The van der Waals surface area contributed by atoms with E-state index < -0.39 is 5.54 Å². The summed E-state index contributed by atoms with van der Waals surface area (Å²) in [6.07, 6.45) is 8.46. The molecule has 1 fully saturated rings. The molecule has 1 aliphatic rings. The number of hydrogen-bond acceptors (Lipinski definition) is 4. The monoisotopic (exact) mass is 284 g/mol. The molecule has 0 aliphatic carbocycles. The lowest BCUT2D eigenvalue weighted by atomic mass is 9.94. The number of carbonyl (C=O) groups is 1. The van der Waals surface area contributed by atoms with Gasteiger partial charge in [-0.3, -0.25) is 4.79 Å². The van der Waals surface area contributed by atoms with Crippen molar-refractivity contribution in [2.75, 3.05) is 27.2 Å². The van der Waals surface area contributed by atoms with E-state index in [0.29, 0.717) is 0 Å². The van der Waals surface area contributed by atoms with Crippen molar-refractivity contribution in [3.63, 3.8) is 0 Å². The first-order valence-corrected chi connectivity index (χ1v) is 8.08. The third-order valence-electron chi connectivity index (χ3n) is 4.68. The smallest absolute Gasteiger partial charge is 0.325 e. The summed E-state index contributed by atoms with van der Waals surface area (Å²) >= 11 is 0. The van der Waals surface area contributed by atoms with Crippen LogP contribution in [-0.2, 0) is 9.53 Å². The summed E-state index contributed by atoms with van der Waals surface area (Å²) in [5.74, 6) is -0.163. The maximum atomic E-state index is 11.8. The fourth-order valence-electron chi connectivity index (χ4n) is 3.20. The Bertz CT molecular complexity index is 294. The van der Waals surface area contributed by atoms with Crippen LogP contribution in [0.2, 0.25) is 0 Å². The molecular formula is C16H32N2O2. The van der Waals surface area contributed by atoms with Gasteiger partial charge in [0.25, 0.3) is 0 Å². The van der Waals surface area contributed by atoms with Gasteiger partial charge in [-0.15, -0.1) is 0 Å². The largest absolute Gasteiger partial charge is 0.468 e. The summed E-state index contributed by atoms with van der Waals surface area (Å²) in [5, 5.41) is 3.11. The Kier molecular flexibility index (Phi) is 7.52. The highest BCUT2D eigenvalue weighted by atomic mass is 16.5. The van der Waals surface area contributed by atoms with Gasteiger partial charge in [0.05, 0.1) is 7.11 Å². The van der Waals surface area contributed by atoms with Crippen molar-refractivity contribution in [3.05, 3.63) is 0 Å². The second-order valence-corrected chi connectivity index (χ2v) is 6.15. The predicted molar refractivity (Wildman–Crippen MR) is 82.8 cm³/mol. The Morgan fingerprint density at radius 1 is 1.45 bits per heavy atom. The zero-order valence-electron chi connectivity index (χ0n) is 13.7. The molecule has 2 unspecified atom stereocenters. The summed E-state index contributed by atoms with van der Waals surface area (Å²) in [6, 6.07) is 0.757. The Hall–Kier alpha value is -0.610. The molecule has 0 radical (unpaired) electrons. The first kappa shape index (κ1) is 17.4. The number of nitrogens with zero attached hydrogens (tertiary/aromatic N) is 1. The minimum absolute atomic E-state index is 0.163. The molecule has 1 heterocycles. The number of rotatable bonds is 8. The van der Waals surface area contributed by atoms with E-state index in [0.717, 1.165) is 25.4 Å². The van der Waals surface area contributed by atoms with E-state index in [1.165, 1.54) is 45.8 Å². The van der Waals surface area contributed by atoms with Crippen LogP contribution in [0, 0.1) is 0 Å². The lowest BCUT2D eigenvalue weighted by Crippen LogP contribution is -2.49. The Morgan fingerprint density at radius 2 is 2.20 bits per heavy atom. The Balaban J connectivity index is 2.42. The SMILES string of the molecule is CCCC1CCCCN1CCCC(C)(NC)C(=O)OC. The van der Waals surface area contributed by atoms with Crippen molar-refractivity contribution in [1.29, 1.82) is 0 Å². The number of piperidine rings is 1. The van der Waals surface area contributed by atoms with Gasteiger partial charge in [-0.25, -0.2) is 0 Å². The summed E-state index contributed by atoms with van der Waals surface area (Å²) < 4.78 is 4.89. The van der Waals surface area contributed by atoms with Crippen LogP contribution in [0.5, 0.6) is 0 Å². The molecule has 1 rings (SSSR count). The van der Waals surface area contributed by atoms with E-state index in [-0.39, 0.29) is 5.97 Å². The molecule has 0 amide bonds. The molecule has 2 atom stereocenters. The average Bonchev–Trinajstić information content (AvgIpc) is 2.48. The van der Waals surface area contributed by atoms with Crippen LogP contribution in [0.15, 0.2) is 0 Å². The fraction of sp³-hybridized carbons (Fsp3) is 0.938. The molecule has 0 aromatic carbocycles. The number of esters is 1. The molecule has 0 spiro atoms. The topological polar surface area (TPSA) is 41.6 Å². The maximum absolute atomic E-state index is 11.8. The van der Waals surface area contributed by atoms with Crippen LogP contribution >= 0.6 is 0 Å². The Morgan fingerprint density at radius 3 is 2.80 bits per heavy atom. The van der Waals surface area contributed by atoms with Crippen LogP contribution in [0.4, 0.5) is 0 Å². The lowest BCUT2D eigenvalue weighted by Gasteiger charge is -2.36. The number of carbonyl (C=O) groups excluding carboxylic acids is 1. The molecule has 1 N–H and O–H groups in total. The highest BCUT2D eigenvalue weighted by molar-refractivity contribution is 5.80.